The van der Waals surface area contributed by atoms with Crippen molar-refractivity contribution in [3.05, 3.63) is 58.8 Å². The van der Waals surface area contributed by atoms with E-state index in [0.29, 0.717) is 11.3 Å². The van der Waals surface area contributed by atoms with E-state index in [9.17, 15) is 10.2 Å². The standard InChI is InChI=1S/C19H19ClN2O3/c1-11-17(12-5-4-7-19(2,25-3)8-6-12)18(22-21-11)13-9-14(20)16(24)10-15(13)23/h4-10,23-24H,1-3H3,(H,21,22). The van der Waals surface area contributed by atoms with Crippen LogP contribution in [0.1, 0.15) is 18.2 Å². The molecular weight excluding hydrogens is 340 g/mol. The van der Waals surface area contributed by atoms with Gasteiger partial charge in [-0.25, -0.2) is 0 Å². The van der Waals surface area contributed by atoms with Gasteiger partial charge in [0.2, 0.25) is 0 Å². The minimum absolute atomic E-state index is 0.0925. The van der Waals surface area contributed by atoms with Crippen molar-refractivity contribution in [1.82, 2.24) is 10.2 Å². The molecule has 3 N–H and O–H groups in total. The fraction of sp³-hybridized carbons (Fsp3) is 0.211. The number of ether oxygens (including phenoxy) is 1. The molecule has 5 nitrogen and oxygen atoms in total. The lowest BCUT2D eigenvalue weighted by Crippen LogP contribution is -2.20. The summed E-state index contributed by atoms with van der Waals surface area (Å²) in [4.78, 5) is 0. The SMILES string of the molecule is COC1(C)C=CC=C(c2c(-c3cc(Cl)c(O)cc3O)n[nH]c2C)C=C1. The maximum absolute atomic E-state index is 10.2. The van der Waals surface area contributed by atoms with Gasteiger partial charge < -0.3 is 14.9 Å². The highest BCUT2D eigenvalue weighted by molar-refractivity contribution is 6.32. The predicted molar refractivity (Wildman–Crippen MR) is 98.8 cm³/mol. The van der Waals surface area contributed by atoms with E-state index in [-0.39, 0.29) is 16.5 Å². The summed E-state index contributed by atoms with van der Waals surface area (Å²) >= 11 is 6.01. The topological polar surface area (TPSA) is 78.4 Å². The van der Waals surface area contributed by atoms with Crippen LogP contribution in [-0.4, -0.2) is 33.1 Å². The molecule has 1 aliphatic carbocycles. The molecule has 0 aliphatic heterocycles. The number of halogens is 1. The third-order valence-corrected chi connectivity index (χ3v) is 4.60. The summed E-state index contributed by atoms with van der Waals surface area (Å²) in [5.41, 5.74) is 3.13. The Morgan fingerprint density at radius 1 is 1.20 bits per heavy atom. The van der Waals surface area contributed by atoms with Crippen LogP contribution >= 0.6 is 11.6 Å². The minimum atomic E-state index is -0.486. The van der Waals surface area contributed by atoms with Gasteiger partial charge in [-0.2, -0.15) is 5.10 Å². The number of hydrogen-bond donors (Lipinski definition) is 3. The first-order valence-corrected chi connectivity index (χ1v) is 8.13. The van der Waals surface area contributed by atoms with Gasteiger partial charge in [0.25, 0.3) is 0 Å². The summed E-state index contributed by atoms with van der Waals surface area (Å²) < 4.78 is 5.50. The summed E-state index contributed by atoms with van der Waals surface area (Å²) in [6.45, 7) is 3.87. The van der Waals surface area contributed by atoms with Crippen LogP contribution in [-0.2, 0) is 4.74 Å². The maximum Gasteiger partial charge on any atom is 0.137 e. The first kappa shape index (κ1) is 17.3. The van der Waals surface area contributed by atoms with Gasteiger partial charge in [0.05, 0.1) is 5.02 Å². The second-order valence-corrected chi connectivity index (χ2v) is 6.50. The molecule has 0 amide bonds. The molecule has 1 unspecified atom stereocenters. The van der Waals surface area contributed by atoms with Crippen LogP contribution in [0, 0.1) is 6.92 Å². The van der Waals surface area contributed by atoms with E-state index in [0.717, 1.165) is 16.8 Å². The van der Waals surface area contributed by atoms with E-state index in [4.69, 9.17) is 16.3 Å². The van der Waals surface area contributed by atoms with Crippen LogP contribution in [0.2, 0.25) is 5.02 Å². The Balaban J connectivity index is 2.14. The highest BCUT2D eigenvalue weighted by Crippen LogP contribution is 2.40. The second-order valence-electron chi connectivity index (χ2n) is 6.10. The van der Waals surface area contributed by atoms with E-state index < -0.39 is 5.60 Å². The average Bonchev–Trinajstić information content (AvgIpc) is 2.84. The number of benzene rings is 1. The number of rotatable bonds is 3. The Kier molecular flexibility index (Phi) is 4.45. The van der Waals surface area contributed by atoms with E-state index in [1.807, 2.05) is 44.2 Å². The Morgan fingerprint density at radius 3 is 2.68 bits per heavy atom. The summed E-state index contributed by atoms with van der Waals surface area (Å²) in [5.74, 6) is -0.269. The van der Waals surface area contributed by atoms with Crippen LogP contribution in [0.5, 0.6) is 11.5 Å². The number of aromatic amines is 1. The third-order valence-electron chi connectivity index (χ3n) is 4.29. The molecule has 0 fully saturated rings. The number of aryl methyl sites for hydroxylation is 1. The highest BCUT2D eigenvalue weighted by Gasteiger charge is 2.22. The first-order chi connectivity index (χ1) is 11.8. The van der Waals surface area contributed by atoms with Gasteiger partial charge >= 0.3 is 0 Å². The van der Waals surface area contributed by atoms with Crippen LogP contribution in [0.3, 0.4) is 0 Å². The molecule has 1 heterocycles. The first-order valence-electron chi connectivity index (χ1n) is 7.76. The number of aromatic nitrogens is 2. The van der Waals surface area contributed by atoms with Crippen LogP contribution < -0.4 is 0 Å². The predicted octanol–water partition coefficient (Wildman–Crippen LogP) is 4.36. The third kappa shape index (κ3) is 3.21. The van der Waals surface area contributed by atoms with E-state index in [1.165, 1.54) is 12.1 Å². The average molecular weight is 359 g/mol. The summed E-state index contributed by atoms with van der Waals surface area (Å²) in [5, 5.41) is 27.3. The number of nitrogens with one attached hydrogen (secondary N) is 1. The van der Waals surface area contributed by atoms with Crippen molar-refractivity contribution < 1.29 is 14.9 Å². The van der Waals surface area contributed by atoms with Crippen LogP contribution in [0.15, 0.2) is 42.5 Å². The molecule has 0 spiro atoms. The minimum Gasteiger partial charge on any atom is -0.507 e. The zero-order valence-electron chi connectivity index (χ0n) is 14.2. The van der Waals surface area contributed by atoms with Crippen molar-refractivity contribution in [3.63, 3.8) is 0 Å². The largest absolute Gasteiger partial charge is 0.507 e. The number of allylic oxidation sites excluding steroid dienone is 4. The Hall–Kier alpha value is -2.50. The fourth-order valence-electron chi connectivity index (χ4n) is 2.73. The van der Waals surface area contributed by atoms with Gasteiger partial charge in [0, 0.05) is 30.0 Å². The quantitative estimate of drug-likeness (QED) is 0.761. The molecule has 3 rings (SSSR count). The number of methoxy groups -OCH3 is 1. The van der Waals surface area contributed by atoms with Crippen molar-refractivity contribution in [3.8, 4) is 22.8 Å². The molecule has 0 saturated heterocycles. The Morgan fingerprint density at radius 2 is 1.96 bits per heavy atom. The second kappa shape index (κ2) is 6.43. The normalized spacial score (nSPS) is 19.8. The fourth-order valence-corrected chi connectivity index (χ4v) is 2.89. The molecule has 0 radical (unpaired) electrons. The van der Waals surface area contributed by atoms with Gasteiger partial charge in [0.15, 0.2) is 0 Å². The van der Waals surface area contributed by atoms with Crippen molar-refractivity contribution in [2.75, 3.05) is 7.11 Å². The molecule has 1 aromatic carbocycles. The van der Waals surface area contributed by atoms with Gasteiger partial charge in [0.1, 0.15) is 22.8 Å². The van der Waals surface area contributed by atoms with Crippen molar-refractivity contribution >= 4 is 17.2 Å². The zero-order chi connectivity index (χ0) is 18.2. The number of phenols is 2. The lowest BCUT2D eigenvalue weighted by molar-refractivity contribution is 0.0909. The van der Waals surface area contributed by atoms with Crippen molar-refractivity contribution in [1.29, 1.82) is 0 Å². The molecule has 6 heteroatoms. The van der Waals surface area contributed by atoms with Gasteiger partial charge in [-0.05, 0) is 37.6 Å². The number of nitrogens with zero attached hydrogens (tertiary/aromatic N) is 1. The molecule has 0 bridgehead atoms. The number of hydrogen-bond acceptors (Lipinski definition) is 4. The molecule has 1 aliphatic rings. The number of aromatic hydroxyl groups is 2. The molecule has 0 saturated carbocycles. The molecule has 1 atom stereocenters. The lowest BCUT2D eigenvalue weighted by atomic mass is 9.97. The number of phenolic OH excluding ortho intramolecular Hbond substituents is 2. The summed E-state index contributed by atoms with van der Waals surface area (Å²) in [6, 6.07) is 2.71. The van der Waals surface area contributed by atoms with Crippen molar-refractivity contribution in [2.45, 2.75) is 19.4 Å². The van der Waals surface area contributed by atoms with Crippen LogP contribution in [0.4, 0.5) is 0 Å². The zero-order valence-corrected chi connectivity index (χ0v) is 14.9. The van der Waals surface area contributed by atoms with Gasteiger partial charge in [-0.3, -0.25) is 5.10 Å². The van der Waals surface area contributed by atoms with Gasteiger partial charge in [-0.15, -0.1) is 0 Å². The van der Waals surface area contributed by atoms with E-state index in [2.05, 4.69) is 10.2 Å². The van der Waals surface area contributed by atoms with Crippen molar-refractivity contribution in [2.24, 2.45) is 0 Å². The van der Waals surface area contributed by atoms with E-state index in [1.54, 1.807) is 7.11 Å². The molecule has 1 aromatic heterocycles. The Labute approximate surface area is 150 Å². The highest BCUT2D eigenvalue weighted by atomic mass is 35.5. The summed E-state index contributed by atoms with van der Waals surface area (Å²) in [6.07, 6.45) is 9.77. The molecule has 25 heavy (non-hydrogen) atoms. The van der Waals surface area contributed by atoms with Gasteiger partial charge in [-0.1, -0.05) is 29.8 Å². The maximum atomic E-state index is 10.2. The smallest absolute Gasteiger partial charge is 0.137 e. The monoisotopic (exact) mass is 358 g/mol. The number of H-pyrrole nitrogens is 1. The molecular formula is C19H19ClN2O3. The molecule has 2 aromatic rings. The summed E-state index contributed by atoms with van der Waals surface area (Å²) in [7, 11) is 1.66. The Bertz CT molecular complexity index is 912. The molecule has 130 valence electrons. The lowest BCUT2D eigenvalue weighted by Gasteiger charge is -2.18. The van der Waals surface area contributed by atoms with Crippen LogP contribution in [0.25, 0.3) is 16.8 Å². The van der Waals surface area contributed by atoms with E-state index >= 15 is 0 Å².